The van der Waals surface area contributed by atoms with Gasteiger partial charge in [-0.3, -0.25) is 0 Å². The highest BCUT2D eigenvalue weighted by Gasteiger charge is 2.33. The molecule has 2 rings (SSSR count). The molecule has 1 aromatic carbocycles. The standard InChI is InChI=1S/C14H20BrN/c1-16-11-14(7-2-3-8-14)10-12-5-4-6-13(15)9-12/h4-6,9,16H,2-3,7-8,10-11H2,1H3. The fraction of sp³-hybridized carbons (Fsp3) is 0.571. The first kappa shape index (κ1) is 12.1. The lowest BCUT2D eigenvalue weighted by Crippen LogP contribution is -2.32. The van der Waals surface area contributed by atoms with Gasteiger partial charge in [0.1, 0.15) is 0 Å². The van der Waals surface area contributed by atoms with Crippen LogP contribution in [0.1, 0.15) is 31.2 Å². The monoisotopic (exact) mass is 281 g/mol. The van der Waals surface area contributed by atoms with Crippen molar-refractivity contribution in [3.05, 3.63) is 34.3 Å². The van der Waals surface area contributed by atoms with E-state index >= 15 is 0 Å². The van der Waals surface area contributed by atoms with Gasteiger partial charge in [-0.2, -0.15) is 0 Å². The molecule has 2 heteroatoms. The minimum absolute atomic E-state index is 0.509. The maximum absolute atomic E-state index is 3.55. The van der Waals surface area contributed by atoms with Crippen LogP contribution in [0.25, 0.3) is 0 Å². The van der Waals surface area contributed by atoms with Crippen molar-refractivity contribution in [2.75, 3.05) is 13.6 Å². The Morgan fingerprint density at radius 3 is 2.69 bits per heavy atom. The average Bonchev–Trinajstić information content (AvgIpc) is 2.67. The van der Waals surface area contributed by atoms with Crippen molar-refractivity contribution in [1.29, 1.82) is 0 Å². The van der Waals surface area contributed by atoms with E-state index in [4.69, 9.17) is 0 Å². The number of halogens is 1. The molecule has 0 heterocycles. The summed E-state index contributed by atoms with van der Waals surface area (Å²) in [5.41, 5.74) is 1.97. The molecule has 0 unspecified atom stereocenters. The SMILES string of the molecule is CNCC1(Cc2cccc(Br)c2)CCCC1. The second kappa shape index (κ2) is 5.33. The van der Waals surface area contributed by atoms with Gasteiger partial charge in [0, 0.05) is 11.0 Å². The second-order valence-corrected chi connectivity index (χ2v) is 5.96. The van der Waals surface area contributed by atoms with E-state index < -0.39 is 0 Å². The van der Waals surface area contributed by atoms with E-state index in [1.54, 1.807) is 0 Å². The van der Waals surface area contributed by atoms with Crippen LogP contribution in [0.15, 0.2) is 28.7 Å². The third kappa shape index (κ3) is 2.86. The summed E-state index contributed by atoms with van der Waals surface area (Å²) >= 11 is 3.55. The molecule has 0 bridgehead atoms. The molecule has 0 amide bonds. The summed E-state index contributed by atoms with van der Waals surface area (Å²) in [4.78, 5) is 0. The van der Waals surface area contributed by atoms with E-state index in [2.05, 4.69) is 52.6 Å². The zero-order chi connectivity index (χ0) is 11.4. The molecule has 1 aliphatic carbocycles. The first-order valence-corrected chi connectivity index (χ1v) is 6.92. The van der Waals surface area contributed by atoms with Crippen LogP contribution in [0.4, 0.5) is 0 Å². The van der Waals surface area contributed by atoms with Gasteiger partial charge in [0.25, 0.3) is 0 Å². The van der Waals surface area contributed by atoms with Gasteiger partial charge in [0.2, 0.25) is 0 Å². The maximum atomic E-state index is 3.55. The summed E-state index contributed by atoms with van der Waals surface area (Å²) in [5, 5.41) is 3.37. The Labute approximate surface area is 107 Å². The molecule has 1 fully saturated rings. The van der Waals surface area contributed by atoms with Crippen molar-refractivity contribution in [1.82, 2.24) is 5.32 Å². The predicted molar refractivity (Wildman–Crippen MR) is 72.7 cm³/mol. The van der Waals surface area contributed by atoms with Crippen LogP contribution in [0.5, 0.6) is 0 Å². The zero-order valence-electron chi connectivity index (χ0n) is 9.93. The van der Waals surface area contributed by atoms with Crippen LogP contribution < -0.4 is 5.32 Å². The molecular formula is C14H20BrN. The molecule has 0 radical (unpaired) electrons. The first-order chi connectivity index (χ1) is 7.74. The van der Waals surface area contributed by atoms with Crippen molar-refractivity contribution in [3.63, 3.8) is 0 Å². The summed E-state index contributed by atoms with van der Waals surface area (Å²) < 4.78 is 1.20. The highest BCUT2D eigenvalue weighted by molar-refractivity contribution is 9.10. The predicted octanol–water partition coefficient (Wildman–Crippen LogP) is 3.77. The third-order valence-corrected chi connectivity index (χ3v) is 4.18. The number of hydrogen-bond donors (Lipinski definition) is 1. The van der Waals surface area contributed by atoms with Crippen LogP contribution in [-0.4, -0.2) is 13.6 Å². The minimum Gasteiger partial charge on any atom is -0.319 e. The van der Waals surface area contributed by atoms with Crippen molar-refractivity contribution in [2.45, 2.75) is 32.1 Å². The zero-order valence-corrected chi connectivity index (χ0v) is 11.5. The van der Waals surface area contributed by atoms with Gasteiger partial charge in [-0.25, -0.2) is 0 Å². The third-order valence-electron chi connectivity index (χ3n) is 3.68. The van der Waals surface area contributed by atoms with E-state index in [1.165, 1.54) is 42.1 Å². The van der Waals surface area contributed by atoms with Crippen molar-refractivity contribution in [3.8, 4) is 0 Å². The molecule has 0 spiro atoms. The Balaban J connectivity index is 2.11. The number of rotatable bonds is 4. The molecule has 1 aromatic rings. The number of nitrogens with one attached hydrogen (secondary N) is 1. The topological polar surface area (TPSA) is 12.0 Å². The van der Waals surface area contributed by atoms with Gasteiger partial charge in [0.05, 0.1) is 0 Å². The second-order valence-electron chi connectivity index (χ2n) is 5.04. The highest BCUT2D eigenvalue weighted by atomic mass is 79.9. The Morgan fingerprint density at radius 1 is 1.31 bits per heavy atom. The quantitative estimate of drug-likeness (QED) is 0.886. The molecular weight excluding hydrogens is 262 g/mol. The average molecular weight is 282 g/mol. The van der Waals surface area contributed by atoms with E-state index in [-0.39, 0.29) is 0 Å². The lowest BCUT2D eigenvalue weighted by Gasteiger charge is -2.29. The minimum atomic E-state index is 0.509. The first-order valence-electron chi connectivity index (χ1n) is 6.13. The Bertz CT molecular complexity index is 342. The van der Waals surface area contributed by atoms with Gasteiger partial charge in [-0.05, 0) is 49.4 Å². The molecule has 0 atom stereocenters. The van der Waals surface area contributed by atoms with Crippen molar-refractivity contribution in [2.24, 2.45) is 5.41 Å². The molecule has 1 saturated carbocycles. The van der Waals surface area contributed by atoms with Crippen LogP contribution >= 0.6 is 15.9 Å². The summed E-state index contributed by atoms with van der Waals surface area (Å²) in [6.45, 7) is 1.15. The van der Waals surface area contributed by atoms with Gasteiger partial charge < -0.3 is 5.32 Å². The molecule has 88 valence electrons. The van der Waals surface area contributed by atoms with Gasteiger partial charge in [-0.1, -0.05) is 40.9 Å². The van der Waals surface area contributed by atoms with Crippen LogP contribution in [0, 0.1) is 5.41 Å². The Morgan fingerprint density at radius 2 is 2.06 bits per heavy atom. The maximum Gasteiger partial charge on any atom is 0.0177 e. The van der Waals surface area contributed by atoms with E-state index in [0.29, 0.717) is 5.41 Å². The van der Waals surface area contributed by atoms with Crippen LogP contribution in [0.3, 0.4) is 0 Å². The van der Waals surface area contributed by atoms with Crippen molar-refractivity contribution >= 4 is 15.9 Å². The molecule has 0 aliphatic heterocycles. The summed E-state index contributed by atoms with van der Waals surface area (Å²) in [7, 11) is 2.07. The van der Waals surface area contributed by atoms with Gasteiger partial charge >= 0.3 is 0 Å². The number of benzene rings is 1. The van der Waals surface area contributed by atoms with E-state index in [9.17, 15) is 0 Å². The molecule has 1 aliphatic rings. The fourth-order valence-electron chi connectivity index (χ4n) is 3.00. The summed E-state index contributed by atoms with van der Waals surface area (Å²) in [5.74, 6) is 0. The summed E-state index contributed by atoms with van der Waals surface area (Å²) in [6, 6.07) is 8.75. The fourth-order valence-corrected chi connectivity index (χ4v) is 3.44. The van der Waals surface area contributed by atoms with E-state index in [0.717, 1.165) is 6.54 Å². The van der Waals surface area contributed by atoms with E-state index in [1.807, 2.05) is 0 Å². The smallest absolute Gasteiger partial charge is 0.0177 e. The lowest BCUT2D eigenvalue weighted by atomic mass is 9.80. The normalized spacial score (nSPS) is 18.9. The van der Waals surface area contributed by atoms with Gasteiger partial charge in [-0.15, -0.1) is 0 Å². The number of hydrogen-bond acceptors (Lipinski definition) is 1. The molecule has 1 nitrogen and oxygen atoms in total. The lowest BCUT2D eigenvalue weighted by molar-refractivity contribution is 0.286. The highest BCUT2D eigenvalue weighted by Crippen LogP contribution is 2.40. The molecule has 0 aromatic heterocycles. The van der Waals surface area contributed by atoms with Crippen molar-refractivity contribution < 1.29 is 0 Å². The summed E-state index contributed by atoms with van der Waals surface area (Å²) in [6.07, 6.45) is 6.76. The Kier molecular flexibility index (Phi) is 4.04. The Hall–Kier alpha value is -0.340. The molecule has 1 N–H and O–H groups in total. The largest absolute Gasteiger partial charge is 0.319 e. The van der Waals surface area contributed by atoms with Gasteiger partial charge in [0.15, 0.2) is 0 Å². The van der Waals surface area contributed by atoms with Crippen LogP contribution in [0.2, 0.25) is 0 Å². The molecule has 16 heavy (non-hydrogen) atoms. The van der Waals surface area contributed by atoms with Crippen LogP contribution in [-0.2, 0) is 6.42 Å². The molecule has 0 saturated heterocycles.